The maximum Gasteiger partial charge on any atom is 0.261 e. The lowest BCUT2D eigenvalue weighted by Crippen LogP contribution is -2.60. The van der Waals surface area contributed by atoms with Crippen LogP contribution in [0.5, 0.6) is 0 Å². The number of hydrogen-bond acceptors (Lipinski definition) is 4. The molecule has 0 radical (unpaired) electrons. The summed E-state index contributed by atoms with van der Waals surface area (Å²) in [6.07, 6.45) is 2.14. The van der Waals surface area contributed by atoms with Gasteiger partial charge in [-0.2, -0.15) is 0 Å². The first-order valence-electron chi connectivity index (χ1n) is 8.56. The first kappa shape index (κ1) is 14.0. The summed E-state index contributed by atoms with van der Waals surface area (Å²) in [6.45, 7) is 2.97. The summed E-state index contributed by atoms with van der Waals surface area (Å²) in [5.74, 6) is 0.0994. The molecule has 2 aromatic rings. The molecular formula is C19H19N3O2. The van der Waals surface area contributed by atoms with E-state index in [1.807, 2.05) is 18.2 Å². The molecule has 0 aromatic heterocycles. The Morgan fingerprint density at radius 3 is 2.33 bits per heavy atom. The van der Waals surface area contributed by atoms with Crippen molar-refractivity contribution in [3.8, 4) is 0 Å². The number of nitrogens with two attached hydrogens (primary N) is 1. The van der Waals surface area contributed by atoms with Crippen LogP contribution in [0, 0.1) is 5.92 Å². The molecule has 0 unspecified atom stereocenters. The monoisotopic (exact) mass is 321 g/mol. The Bertz CT molecular complexity index is 861. The molecule has 0 saturated carbocycles. The van der Waals surface area contributed by atoms with Gasteiger partial charge in [0, 0.05) is 34.1 Å². The zero-order valence-electron chi connectivity index (χ0n) is 13.4. The highest BCUT2D eigenvalue weighted by Crippen LogP contribution is 2.38. The van der Waals surface area contributed by atoms with Crippen LogP contribution in [0.1, 0.15) is 33.6 Å². The molecule has 2 bridgehead atoms. The van der Waals surface area contributed by atoms with Crippen LogP contribution in [0.4, 0.5) is 5.69 Å². The summed E-state index contributed by atoms with van der Waals surface area (Å²) < 4.78 is 0. The highest BCUT2D eigenvalue weighted by Gasteiger charge is 2.44. The van der Waals surface area contributed by atoms with E-state index < -0.39 is 0 Å². The van der Waals surface area contributed by atoms with Gasteiger partial charge in [-0.25, -0.2) is 0 Å². The minimum Gasteiger partial charge on any atom is -0.398 e. The van der Waals surface area contributed by atoms with E-state index in [0.29, 0.717) is 28.1 Å². The Morgan fingerprint density at radius 2 is 1.67 bits per heavy atom. The smallest absolute Gasteiger partial charge is 0.261 e. The lowest BCUT2D eigenvalue weighted by atomic mass is 9.81. The average Bonchev–Trinajstić information content (AvgIpc) is 2.62. The third-order valence-corrected chi connectivity index (χ3v) is 5.93. The Kier molecular flexibility index (Phi) is 2.80. The molecule has 122 valence electrons. The van der Waals surface area contributed by atoms with Crippen molar-refractivity contribution < 1.29 is 9.59 Å². The molecule has 5 heteroatoms. The van der Waals surface area contributed by atoms with Crippen LogP contribution in [-0.4, -0.2) is 47.3 Å². The van der Waals surface area contributed by atoms with Crippen molar-refractivity contribution >= 4 is 28.3 Å². The number of benzene rings is 2. The number of amides is 2. The molecule has 4 aliphatic rings. The zero-order chi connectivity index (χ0) is 16.4. The molecule has 0 aliphatic carbocycles. The number of carbonyl (C=O) groups is 2. The molecule has 2 N–H and O–H groups in total. The van der Waals surface area contributed by atoms with E-state index in [4.69, 9.17) is 5.73 Å². The Labute approximate surface area is 140 Å². The number of anilines is 1. The first-order chi connectivity index (χ1) is 11.6. The fourth-order valence-electron chi connectivity index (χ4n) is 4.67. The molecule has 0 spiro atoms. The van der Waals surface area contributed by atoms with Gasteiger partial charge in [-0.05, 0) is 50.0 Å². The van der Waals surface area contributed by atoms with Crippen LogP contribution in [-0.2, 0) is 0 Å². The molecule has 4 aliphatic heterocycles. The number of nitrogen functional groups attached to an aromatic ring is 1. The van der Waals surface area contributed by atoms with Gasteiger partial charge in [-0.15, -0.1) is 0 Å². The predicted molar refractivity (Wildman–Crippen MR) is 91.8 cm³/mol. The van der Waals surface area contributed by atoms with Crippen molar-refractivity contribution in [2.75, 3.05) is 25.4 Å². The molecular weight excluding hydrogens is 302 g/mol. The van der Waals surface area contributed by atoms with Crippen LogP contribution in [0.15, 0.2) is 30.3 Å². The zero-order valence-corrected chi connectivity index (χ0v) is 13.4. The number of rotatable bonds is 1. The third-order valence-electron chi connectivity index (χ3n) is 5.93. The van der Waals surface area contributed by atoms with Crippen molar-refractivity contribution in [1.82, 2.24) is 9.80 Å². The van der Waals surface area contributed by atoms with Crippen molar-refractivity contribution in [2.45, 2.75) is 18.9 Å². The lowest BCUT2D eigenvalue weighted by molar-refractivity contribution is 0.00882. The number of piperidine rings is 3. The molecule has 2 amide bonds. The Morgan fingerprint density at radius 1 is 0.958 bits per heavy atom. The van der Waals surface area contributed by atoms with E-state index in [0.717, 1.165) is 37.9 Å². The largest absolute Gasteiger partial charge is 0.398 e. The summed E-state index contributed by atoms with van der Waals surface area (Å²) >= 11 is 0. The summed E-state index contributed by atoms with van der Waals surface area (Å²) in [6, 6.07) is 9.07. The van der Waals surface area contributed by atoms with Gasteiger partial charge in [0.2, 0.25) is 0 Å². The van der Waals surface area contributed by atoms with Crippen molar-refractivity contribution in [3.05, 3.63) is 41.5 Å². The highest BCUT2D eigenvalue weighted by molar-refractivity contribution is 6.26. The van der Waals surface area contributed by atoms with Crippen LogP contribution in [0.2, 0.25) is 0 Å². The van der Waals surface area contributed by atoms with Gasteiger partial charge >= 0.3 is 0 Å². The molecule has 4 heterocycles. The fourth-order valence-corrected chi connectivity index (χ4v) is 4.67. The summed E-state index contributed by atoms with van der Waals surface area (Å²) in [7, 11) is 0. The summed E-state index contributed by atoms with van der Waals surface area (Å²) in [5, 5.41) is 1.50. The van der Waals surface area contributed by atoms with Gasteiger partial charge in [0.25, 0.3) is 11.8 Å². The second-order valence-corrected chi connectivity index (χ2v) is 7.12. The van der Waals surface area contributed by atoms with E-state index in [1.165, 1.54) is 4.90 Å². The molecule has 24 heavy (non-hydrogen) atoms. The van der Waals surface area contributed by atoms with E-state index in [2.05, 4.69) is 4.90 Å². The molecule has 3 fully saturated rings. The average molecular weight is 321 g/mol. The van der Waals surface area contributed by atoms with Crippen LogP contribution in [0.25, 0.3) is 10.8 Å². The number of hydrogen-bond donors (Lipinski definition) is 1. The van der Waals surface area contributed by atoms with E-state index >= 15 is 0 Å². The van der Waals surface area contributed by atoms with Crippen molar-refractivity contribution in [1.29, 1.82) is 0 Å². The molecule has 2 aromatic carbocycles. The molecule has 6 rings (SSSR count). The quantitative estimate of drug-likeness (QED) is 0.645. The molecule has 5 nitrogen and oxygen atoms in total. The Hall–Kier alpha value is -2.40. The number of imide groups is 1. The first-order valence-corrected chi connectivity index (χ1v) is 8.56. The maximum atomic E-state index is 13.1. The summed E-state index contributed by atoms with van der Waals surface area (Å²) in [4.78, 5) is 30.2. The van der Waals surface area contributed by atoms with Gasteiger partial charge in [0.15, 0.2) is 0 Å². The van der Waals surface area contributed by atoms with Gasteiger partial charge in [-0.1, -0.05) is 12.1 Å². The van der Waals surface area contributed by atoms with Gasteiger partial charge in [-0.3, -0.25) is 14.5 Å². The van der Waals surface area contributed by atoms with Gasteiger partial charge < -0.3 is 10.6 Å². The molecule has 1 atom stereocenters. The van der Waals surface area contributed by atoms with E-state index in [9.17, 15) is 9.59 Å². The minimum atomic E-state index is -0.164. The van der Waals surface area contributed by atoms with E-state index in [1.54, 1.807) is 12.1 Å². The topological polar surface area (TPSA) is 66.6 Å². The maximum absolute atomic E-state index is 13.1. The standard InChI is InChI=1S/C19H19N3O2/c20-15-5-4-14-17-12(15)2-1-3-13(17)18(23)22(19(14)24)16-10-21-8-6-11(16)7-9-21/h1-5,11,16H,6-10,20H2/t16-/m1/s1. The number of fused-ring (bicyclic) bond motifs is 3. The number of nitrogens with zero attached hydrogens (tertiary/aromatic N) is 2. The second kappa shape index (κ2) is 4.80. The second-order valence-electron chi connectivity index (χ2n) is 7.12. The fraction of sp³-hybridized carbons (Fsp3) is 0.368. The predicted octanol–water partition coefficient (Wildman–Crippen LogP) is 2.11. The van der Waals surface area contributed by atoms with E-state index in [-0.39, 0.29) is 17.9 Å². The van der Waals surface area contributed by atoms with Crippen LogP contribution >= 0.6 is 0 Å². The Balaban J connectivity index is 1.67. The summed E-state index contributed by atoms with van der Waals surface area (Å²) in [5.41, 5.74) is 7.86. The van der Waals surface area contributed by atoms with Gasteiger partial charge in [0.1, 0.15) is 0 Å². The lowest BCUT2D eigenvalue weighted by Gasteiger charge is -2.49. The van der Waals surface area contributed by atoms with Crippen molar-refractivity contribution in [3.63, 3.8) is 0 Å². The SMILES string of the molecule is Nc1ccc2c3c(cccc13)C(=O)N([C@@H]1CN3CCC1CC3)C2=O. The van der Waals surface area contributed by atoms with Gasteiger partial charge in [0.05, 0.1) is 6.04 Å². The normalized spacial score (nSPS) is 28.7. The third kappa shape index (κ3) is 1.73. The minimum absolute atomic E-state index is 0.00606. The van der Waals surface area contributed by atoms with Crippen LogP contribution < -0.4 is 5.73 Å². The van der Waals surface area contributed by atoms with Crippen LogP contribution in [0.3, 0.4) is 0 Å². The molecule has 3 saturated heterocycles. The highest BCUT2D eigenvalue weighted by atomic mass is 16.2. The number of carbonyl (C=O) groups excluding carboxylic acids is 2. The van der Waals surface area contributed by atoms with Crippen molar-refractivity contribution in [2.24, 2.45) is 5.92 Å².